The van der Waals surface area contributed by atoms with E-state index in [-0.39, 0.29) is 17.3 Å². The highest BCUT2D eigenvalue weighted by molar-refractivity contribution is 7.89. The van der Waals surface area contributed by atoms with Crippen molar-refractivity contribution in [2.75, 3.05) is 32.0 Å². The van der Waals surface area contributed by atoms with Gasteiger partial charge < -0.3 is 10.6 Å². The molecule has 1 aromatic rings. The van der Waals surface area contributed by atoms with Crippen LogP contribution in [0.5, 0.6) is 0 Å². The molecule has 0 saturated carbocycles. The van der Waals surface area contributed by atoms with Gasteiger partial charge in [-0.2, -0.15) is 4.31 Å². The fraction of sp³-hybridized carbons (Fsp3) is 0.500. The van der Waals surface area contributed by atoms with E-state index in [0.717, 1.165) is 0 Å². The van der Waals surface area contributed by atoms with Gasteiger partial charge in [-0.05, 0) is 12.1 Å². The molecule has 0 aromatic carbocycles. The first-order chi connectivity index (χ1) is 9.45. The van der Waals surface area contributed by atoms with Crippen molar-refractivity contribution >= 4 is 21.7 Å². The van der Waals surface area contributed by atoms with E-state index in [0.29, 0.717) is 18.9 Å². The highest BCUT2D eigenvalue weighted by Gasteiger charge is 2.21. The van der Waals surface area contributed by atoms with Crippen LogP contribution in [-0.4, -0.2) is 50.3 Å². The third kappa shape index (κ3) is 3.91. The van der Waals surface area contributed by atoms with Gasteiger partial charge in [0.15, 0.2) is 0 Å². The second-order valence-corrected chi connectivity index (χ2v) is 5.93. The van der Waals surface area contributed by atoms with Gasteiger partial charge in [0.1, 0.15) is 10.7 Å². The van der Waals surface area contributed by atoms with E-state index in [1.165, 1.54) is 23.6 Å². The Labute approximate surface area is 119 Å². The van der Waals surface area contributed by atoms with Crippen LogP contribution in [0.15, 0.2) is 23.2 Å². The molecule has 0 saturated heterocycles. The fourth-order valence-electron chi connectivity index (χ4n) is 1.61. The average molecular weight is 300 g/mol. The molecular formula is C12H20N4O3S. The lowest BCUT2D eigenvalue weighted by atomic mass is 10.4. The van der Waals surface area contributed by atoms with Crippen LogP contribution in [0.1, 0.15) is 13.8 Å². The third-order valence-electron chi connectivity index (χ3n) is 2.79. The van der Waals surface area contributed by atoms with Crippen molar-refractivity contribution in [1.82, 2.24) is 14.6 Å². The van der Waals surface area contributed by atoms with E-state index in [4.69, 9.17) is 0 Å². The summed E-state index contributed by atoms with van der Waals surface area (Å²) in [5.74, 6) is 0.277. The summed E-state index contributed by atoms with van der Waals surface area (Å²) in [6.07, 6.45) is 1.29. The number of anilines is 1. The summed E-state index contributed by atoms with van der Waals surface area (Å²) in [6, 6.07) is 3.02. The van der Waals surface area contributed by atoms with Crippen molar-refractivity contribution in [3.05, 3.63) is 18.3 Å². The second kappa shape index (κ2) is 7.20. The van der Waals surface area contributed by atoms with Crippen molar-refractivity contribution in [2.24, 2.45) is 0 Å². The highest BCUT2D eigenvalue weighted by atomic mass is 32.2. The number of nitrogens with one attached hydrogen (secondary N) is 2. The van der Waals surface area contributed by atoms with Crippen LogP contribution < -0.4 is 10.6 Å². The van der Waals surface area contributed by atoms with Gasteiger partial charge in [0, 0.05) is 26.3 Å². The molecule has 0 aliphatic heterocycles. The highest BCUT2D eigenvalue weighted by Crippen LogP contribution is 2.15. The van der Waals surface area contributed by atoms with E-state index in [1.54, 1.807) is 19.9 Å². The molecule has 0 aliphatic carbocycles. The summed E-state index contributed by atoms with van der Waals surface area (Å²) in [5.41, 5.74) is 0. The van der Waals surface area contributed by atoms with Gasteiger partial charge in [-0.3, -0.25) is 4.79 Å². The number of pyridine rings is 1. The molecule has 1 amide bonds. The normalized spacial score (nSPS) is 11.4. The Kier molecular flexibility index (Phi) is 5.90. The molecule has 1 rings (SSSR count). The van der Waals surface area contributed by atoms with Gasteiger partial charge in [0.05, 0.1) is 6.54 Å². The first-order valence-corrected chi connectivity index (χ1v) is 7.80. The number of carbonyl (C=O) groups is 1. The molecule has 0 bridgehead atoms. The van der Waals surface area contributed by atoms with Gasteiger partial charge in [-0.1, -0.05) is 13.8 Å². The lowest BCUT2D eigenvalue weighted by Gasteiger charge is -2.18. The van der Waals surface area contributed by atoms with E-state index in [1.807, 2.05) is 0 Å². The number of amides is 1. The van der Waals surface area contributed by atoms with Crippen LogP contribution in [0, 0.1) is 0 Å². The lowest BCUT2D eigenvalue weighted by Crippen LogP contribution is -2.30. The molecule has 8 heteroatoms. The maximum atomic E-state index is 12.2. The Morgan fingerprint density at radius 3 is 2.40 bits per heavy atom. The zero-order valence-corrected chi connectivity index (χ0v) is 12.7. The summed E-state index contributed by atoms with van der Waals surface area (Å²) < 4.78 is 25.8. The summed E-state index contributed by atoms with van der Waals surface area (Å²) >= 11 is 0. The lowest BCUT2D eigenvalue weighted by molar-refractivity contribution is -0.118. The summed E-state index contributed by atoms with van der Waals surface area (Å²) in [7, 11) is -1.95. The molecule has 0 spiro atoms. The minimum Gasteiger partial charge on any atom is -0.361 e. The Bertz CT molecular complexity index is 538. The summed E-state index contributed by atoms with van der Waals surface area (Å²) in [6.45, 7) is 4.48. The maximum absolute atomic E-state index is 12.2. The topological polar surface area (TPSA) is 91.4 Å². The first-order valence-electron chi connectivity index (χ1n) is 6.36. The van der Waals surface area contributed by atoms with Gasteiger partial charge >= 0.3 is 0 Å². The molecule has 0 unspecified atom stereocenters. The van der Waals surface area contributed by atoms with Crippen LogP contribution in [0.2, 0.25) is 0 Å². The number of sulfonamides is 1. The van der Waals surface area contributed by atoms with Crippen LogP contribution >= 0.6 is 0 Å². The SMILES string of the molecule is CCN(CC)S(=O)(=O)c1ccc(NCC(=O)NC)nc1. The molecular weight excluding hydrogens is 280 g/mol. The minimum absolute atomic E-state index is 0.0889. The molecule has 0 atom stereocenters. The monoisotopic (exact) mass is 300 g/mol. The largest absolute Gasteiger partial charge is 0.361 e. The van der Waals surface area contributed by atoms with Crippen LogP contribution in [-0.2, 0) is 14.8 Å². The van der Waals surface area contributed by atoms with E-state index < -0.39 is 10.0 Å². The standard InChI is InChI=1S/C12H20N4O3S/c1-4-16(5-2)20(18,19)10-6-7-11(14-8-10)15-9-12(17)13-3/h6-8H,4-5,9H2,1-3H3,(H,13,17)(H,14,15). The van der Waals surface area contributed by atoms with Gasteiger partial charge in [-0.15, -0.1) is 0 Å². The van der Waals surface area contributed by atoms with Gasteiger partial charge in [-0.25, -0.2) is 13.4 Å². The number of rotatable bonds is 7. The summed E-state index contributed by atoms with van der Waals surface area (Å²) in [5, 5.41) is 5.27. The predicted molar refractivity (Wildman–Crippen MR) is 76.9 cm³/mol. The van der Waals surface area contributed by atoms with Crippen LogP contribution in [0.3, 0.4) is 0 Å². The second-order valence-electron chi connectivity index (χ2n) is 4.00. The van der Waals surface area contributed by atoms with E-state index >= 15 is 0 Å². The first kappa shape index (κ1) is 16.4. The molecule has 0 radical (unpaired) electrons. The smallest absolute Gasteiger partial charge is 0.244 e. The minimum atomic E-state index is -3.49. The number of hydrogen-bond acceptors (Lipinski definition) is 5. The average Bonchev–Trinajstić information content (AvgIpc) is 2.46. The molecule has 0 fully saturated rings. The van der Waals surface area contributed by atoms with Crippen molar-refractivity contribution in [2.45, 2.75) is 18.7 Å². The third-order valence-corrected chi connectivity index (χ3v) is 4.82. The van der Waals surface area contributed by atoms with Crippen molar-refractivity contribution in [3.63, 3.8) is 0 Å². The van der Waals surface area contributed by atoms with E-state index in [2.05, 4.69) is 15.6 Å². The Hall–Kier alpha value is -1.67. The predicted octanol–water partition coefficient (Wildman–Crippen LogP) is 0.270. The maximum Gasteiger partial charge on any atom is 0.244 e. The molecule has 1 heterocycles. The quantitative estimate of drug-likeness (QED) is 0.754. The molecule has 2 N–H and O–H groups in total. The fourth-order valence-corrected chi connectivity index (χ4v) is 3.01. The Morgan fingerprint density at radius 1 is 1.30 bits per heavy atom. The zero-order valence-electron chi connectivity index (χ0n) is 11.9. The Morgan fingerprint density at radius 2 is 1.95 bits per heavy atom. The van der Waals surface area contributed by atoms with Crippen LogP contribution in [0.4, 0.5) is 5.82 Å². The molecule has 0 aliphatic rings. The van der Waals surface area contributed by atoms with E-state index in [9.17, 15) is 13.2 Å². The number of nitrogens with zero attached hydrogens (tertiary/aromatic N) is 2. The molecule has 1 aromatic heterocycles. The van der Waals surface area contributed by atoms with Crippen LogP contribution in [0.25, 0.3) is 0 Å². The number of likely N-dealkylation sites (N-methyl/N-ethyl adjacent to an activating group) is 1. The van der Waals surface area contributed by atoms with Crippen molar-refractivity contribution in [1.29, 1.82) is 0 Å². The molecule has 7 nitrogen and oxygen atoms in total. The van der Waals surface area contributed by atoms with Gasteiger partial charge in [0.25, 0.3) is 0 Å². The van der Waals surface area contributed by atoms with Crippen molar-refractivity contribution in [3.8, 4) is 0 Å². The molecule has 20 heavy (non-hydrogen) atoms. The number of aromatic nitrogens is 1. The van der Waals surface area contributed by atoms with Crippen molar-refractivity contribution < 1.29 is 13.2 Å². The number of carbonyl (C=O) groups excluding carboxylic acids is 1. The Balaban J connectivity index is 2.83. The molecule has 112 valence electrons. The van der Waals surface area contributed by atoms with Gasteiger partial charge in [0.2, 0.25) is 15.9 Å². The number of hydrogen-bond donors (Lipinski definition) is 2. The zero-order chi connectivity index (χ0) is 15.2. The summed E-state index contributed by atoms with van der Waals surface area (Å²) in [4.78, 5) is 15.2.